The fraction of sp³-hybridized carbons (Fsp3) is 0.882. The van der Waals surface area contributed by atoms with Gasteiger partial charge in [0.2, 0.25) is 11.8 Å². The third-order valence-electron chi connectivity index (χ3n) is 5.58. The van der Waals surface area contributed by atoms with E-state index in [1.54, 1.807) is 0 Å². The highest BCUT2D eigenvalue weighted by atomic mass is 16.2. The van der Waals surface area contributed by atoms with Crippen molar-refractivity contribution in [2.24, 2.45) is 5.92 Å². The second kappa shape index (κ2) is 7.44. The van der Waals surface area contributed by atoms with Crippen LogP contribution in [0.4, 0.5) is 0 Å². The number of fused-ring (bicyclic) bond motifs is 2. The maximum absolute atomic E-state index is 12.5. The van der Waals surface area contributed by atoms with Crippen LogP contribution in [-0.4, -0.2) is 48.4 Å². The molecule has 22 heavy (non-hydrogen) atoms. The Morgan fingerprint density at radius 1 is 1.00 bits per heavy atom. The average molecular weight is 307 g/mol. The summed E-state index contributed by atoms with van der Waals surface area (Å²) < 4.78 is 0. The maximum Gasteiger partial charge on any atom is 0.242 e. The quantitative estimate of drug-likeness (QED) is 0.826. The molecule has 0 spiro atoms. The van der Waals surface area contributed by atoms with Crippen molar-refractivity contribution in [2.45, 2.75) is 69.9 Å². The largest absolute Gasteiger partial charge is 0.347 e. The summed E-state index contributed by atoms with van der Waals surface area (Å²) in [6.45, 7) is 2.08. The van der Waals surface area contributed by atoms with Gasteiger partial charge in [0, 0.05) is 25.0 Å². The fourth-order valence-electron chi connectivity index (χ4n) is 4.38. The fourth-order valence-corrected chi connectivity index (χ4v) is 4.38. The SMILES string of the molecule is O=C(CC1CCCCC1)NCC(=O)N1C2CCNCC1CC2. The molecule has 2 saturated heterocycles. The Bertz CT molecular complexity index is 393. The average Bonchev–Trinajstić information content (AvgIpc) is 2.79. The van der Waals surface area contributed by atoms with Crippen LogP contribution in [0.5, 0.6) is 0 Å². The van der Waals surface area contributed by atoms with Gasteiger partial charge >= 0.3 is 0 Å². The number of rotatable bonds is 4. The van der Waals surface area contributed by atoms with E-state index in [-0.39, 0.29) is 18.4 Å². The lowest BCUT2D eigenvalue weighted by molar-refractivity contribution is -0.135. The Balaban J connectivity index is 1.44. The lowest BCUT2D eigenvalue weighted by Crippen LogP contribution is -2.47. The van der Waals surface area contributed by atoms with Gasteiger partial charge in [0.15, 0.2) is 0 Å². The minimum absolute atomic E-state index is 0.0561. The molecular weight excluding hydrogens is 278 g/mol. The van der Waals surface area contributed by atoms with Gasteiger partial charge in [-0.2, -0.15) is 0 Å². The summed E-state index contributed by atoms with van der Waals surface area (Å²) in [7, 11) is 0. The summed E-state index contributed by atoms with van der Waals surface area (Å²) in [6, 6.07) is 0.706. The molecule has 3 rings (SSSR count). The van der Waals surface area contributed by atoms with Crippen LogP contribution in [0.1, 0.15) is 57.8 Å². The number of nitrogens with one attached hydrogen (secondary N) is 2. The first-order chi connectivity index (χ1) is 10.7. The smallest absolute Gasteiger partial charge is 0.242 e. The van der Waals surface area contributed by atoms with Crippen LogP contribution in [-0.2, 0) is 9.59 Å². The Kier molecular flexibility index (Phi) is 5.34. The predicted octanol–water partition coefficient (Wildman–Crippen LogP) is 1.43. The molecule has 3 fully saturated rings. The highest BCUT2D eigenvalue weighted by Gasteiger charge is 2.37. The predicted molar refractivity (Wildman–Crippen MR) is 85.3 cm³/mol. The molecule has 0 aromatic rings. The molecular formula is C17H29N3O2. The van der Waals surface area contributed by atoms with Crippen molar-refractivity contribution in [1.82, 2.24) is 15.5 Å². The van der Waals surface area contributed by atoms with Gasteiger partial charge in [0.25, 0.3) is 0 Å². The molecule has 2 N–H and O–H groups in total. The van der Waals surface area contributed by atoms with Crippen LogP contribution in [0.25, 0.3) is 0 Å². The van der Waals surface area contributed by atoms with Crippen molar-refractivity contribution in [2.75, 3.05) is 19.6 Å². The Morgan fingerprint density at radius 3 is 2.59 bits per heavy atom. The van der Waals surface area contributed by atoms with E-state index in [0.29, 0.717) is 24.4 Å². The molecule has 2 heterocycles. The van der Waals surface area contributed by atoms with Crippen LogP contribution < -0.4 is 10.6 Å². The highest BCUT2D eigenvalue weighted by molar-refractivity contribution is 5.85. The first-order valence-corrected chi connectivity index (χ1v) is 9.02. The molecule has 1 saturated carbocycles. The molecule has 1 aliphatic carbocycles. The standard InChI is InChI=1S/C17H29N3O2/c21-16(10-13-4-2-1-3-5-13)19-12-17(22)20-14-6-7-15(20)11-18-9-8-14/h13-15,18H,1-12H2,(H,19,21). The first kappa shape index (κ1) is 15.8. The second-order valence-corrected chi connectivity index (χ2v) is 7.16. The number of amides is 2. The van der Waals surface area contributed by atoms with Gasteiger partial charge in [0.1, 0.15) is 0 Å². The molecule has 5 nitrogen and oxygen atoms in total. The number of hydrogen-bond donors (Lipinski definition) is 2. The number of hydrogen-bond acceptors (Lipinski definition) is 3. The highest BCUT2D eigenvalue weighted by Crippen LogP contribution is 2.28. The normalized spacial score (nSPS) is 29.2. The maximum atomic E-state index is 12.5. The lowest BCUT2D eigenvalue weighted by Gasteiger charge is -2.28. The first-order valence-electron chi connectivity index (χ1n) is 9.02. The van der Waals surface area contributed by atoms with E-state index in [0.717, 1.165) is 32.4 Å². The zero-order chi connectivity index (χ0) is 15.4. The van der Waals surface area contributed by atoms with Crippen LogP contribution in [0.2, 0.25) is 0 Å². The van der Waals surface area contributed by atoms with E-state index in [4.69, 9.17) is 0 Å². The molecule has 2 bridgehead atoms. The Hall–Kier alpha value is -1.10. The molecule has 2 atom stereocenters. The van der Waals surface area contributed by atoms with Gasteiger partial charge in [-0.05, 0) is 44.6 Å². The van der Waals surface area contributed by atoms with Crippen molar-refractivity contribution in [3.63, 3.8) is 0 Å². The van der Waals surface area contributed by atoms with Gasteiger partial charge in [-0.3, -0.25) is 9.59 Å². The minimum atomic E-state index is 0.0561. The van der Waals surface area contributed by atoms with Gasteiger partial charge in [-0.25, -0.2) is 0 Å². The molecule has 124 valence electrons. The van der Waals surface area contributed by atoms with Crippen molar-refractivity contribution in [3.05, 3.63) is 0 Å². The summed E-state index contributed by atoms with van der Waals surface area (Å²) >= 11 is 0. The van der Waals surface area contributed by atoms with Crippen molar-refractivity contribution in [1.29, 1.82) is 0 Å². The van der Waals surface area contributed by atoms with Crippen LogP contribution in [0, 0.1) is 5.92 Å². The molecule has 3 aliphatic rings. The molecule has 2 amide bonds. The topological polar surface area (TPSA) is 61.4 Å². The summed E-state index contributed by atoms with van der Waals surface area (Å²) in [6.07, 6.45) is 10.0. The lowest BCUT2D eigenvalue weighted by atomic mass is 9.87. The molecule has 0 aromatic heterocycles. The molecule has 5 heteroatoms. The van der Waals surface area contributed by atoms with E-state index in [9.17, 15) is 9.59 Å². The molecule has 0 aromatic carbocycles. The molecule has 0 radical (unpaired) electrons. The molecule has 2 aliphatic heterocycles. The monoisotopic (exact) mass is 307 g/mol. The van der Waals surface area contributed by atoms with E-state index in [1.165, 1.54) is 32.1 Å². The van der Waals surface area contributed by atoms with E-state index < -0.39 is 0 Å². The zero-order valence-electron chi connectivity index (χ0n) is 13.5. The van der Waals surface area contributed by atoms with Crippen molar-refractivity contribution >= 4 is 11.8 Å². The zero-order valence-corrected chi connectivity index (χ0v) is 13.5. The number of nitrogens with zero attached hydrogens (tertiary/aromatic N) is 1. The summed E-state index contributed by atoms with van der Waals surface area (Å²) in [4.78, 5) is 26.6. The third-order valence-corrected chi connectivity index (χ3v) is 5.58. The second-order valence-electron chi connectivity index (χ2n) is 7.16. The van der Waals surface area contributed by atoms with E-state index in [2.05, 4.69) is 10.6 Å². The summed E-state index contributed by atoms with van der Waals surface area (Å²) in [5.41, 5.74) is 0. The van der Waals surface area contributed by atoms with E-state index >= 15 is 0 Å². The van der Waals surface area contributed by atoms with Crippen molar-refractivity contribution in [3.8, 4) is 0 Å². The van der Waals surface area contributed by atoms with E-state index in [1.807, 2.05) is 4.90 Å². The van der Waals surface area contributed by atoms with Gasteiger partial charge < -0.3 is 15.5 Å². The van der Waals surface area contributed by atoms with Gasteiger partial charge in [0.05, 0.1) is 6.54 Å². The number of carbonyl (C=O) groups excluding carboxylic acids is 2. The van der Waals surface area contributed by atoms with Gasteiger partial charge in [-0.15, -0.1) is 0 Å². The van der Waals surface area contributed by atoms with Crippen molar-refractivity contribution < 1.29 is 9.59 Å². The minimum Gasteiger partial charge on any atom is -0.347 e. The summed E-state index contributed by atoms with van der Waals surface area (Å²) in [5, 5.41) is 6.27. The van der Waals surface area contributed by atoms with Crippen LogP contribution in [0.3, 0.4) is 0 Å². The summed E-state index contributed by atoms with van der Waals surface area (Å²) in [5.74, 6) is 0.691. The number of carbonyl (C=O) groups is 2. The van der Waals surface area contributed by atoms with Crippen LogP contribution in [0.15, 0.2) is 0 Å². The van der Waals surface area contributed by atoms with Crippen LogP contribution >= 0.6 is 0 Å². The third kappa shape index (κ3) is 3.80. The van der Waals surface area contributed by atoms with Gasteiger partial charge in [-0.1, -0.05) is 19.3 Å². The molecule has 2 unspecified atom stereocenters. The Morgan fingerprint density at radius 2 is 1.77 bits per heavy atom. The Labute approximate surface area is 133 Å².